The summed E-state index contributed by atoms with van der Waals surface area (Å²) in [6.07, 6.45) is 16.0. The van der Waals surface area contributed by atoms with Crippen molar-refractivity contribution in [3.8, 4) is 11.5 Å². The Bertz CT molecular complexity index is 573. The van der Waals surface area contributed by atoms with Crippen molar-refractivity contribution in [3.05, 3.63) is 53.6 Å². The number of unbranched alkanes of at least 4 members (excludes halogenated alkanes) is 3. The maximum absolute atomic E-state index is 10.3. The summed E-state index contributed by atoms with van der Waals surface area (Å²) in [7, 11) is 0. The molecule has 2 nitrogen and oxygen atoms in total. The number of hydrogen-bond donors (Lipinski definition) is 2. The minimum Gasteiger partial charge on any atom is -0.507 e. The van der Waals surface area contributed by atoms with E-state index in [9.17, 15) is 10.2 Å². The van der Waals surface area contributed by atoms with Crippen molar-refractivity contribution in [2.45, 2.75) is 71.6 Å². The third-order valence-corrected chi connectivity index (χ3v) is 4.39. The van der Waals surface area contributed by atoms with Gasteiger partial charge in [-0.2, -0.15) is 0 Å². The van der Waals surface area contributed by atoms with Gasteiger partial charge in [-0.1, -0.05) is 49.6 Å². The molecule has 2 N–H and O–H groups in total. The van der Waals surface area contributed by atoms with Crippen LogP contribution in [0.2, 0.25) is 0 Å². The van der Waals surface area contributed by atoms with Crippen molar-refractivity contribution in [1.29, 1.82) is 0 Å². The average Bonchev–Trinajstić information content (AvgIpc) is 2.55. The first kappa shape index (κ1) is 21.1. The van der Waals surface area contributed by atoms with Crippen molar-refractivity contribution < 1.29 is 10.2 Å². The Morgan fingerprint density at radius 3 is 2.40 bits per heavy atom. The molecule has 0 aromatic heterocycles. The zero-order valence-corrected chi connectivity index (χ0v) is 16.1. The second kappa shape index (κ2) is 11.6. The quantitative estimate of drug-likeness (QED) is 0.427. The van der Waals surface area contributed by atoms with Crippen LogP contribution in [0.15, 0.2) is 42.5 Å². The summed E-state index contributed by atoms with van der Waals surface area (Å²) in [6, 6.07) is 3.53. The fraction of sp³-hybridized carbons (Fsp3) is 0.478. The largest absolute Gasteiger partial charge is 0.507 e. The molecular formula is C23H34O2. The van der Waals surface area contributed by atoms with Crippen LogP contribution in [0.4, 0.5) is 0 Å². The van der Waals surface area contributed by atoms with Gasteiger partial charge in [0.2, 0.25) is 0 Å². The minimum absolute atomic E-state index is 0.135. The zero-order valence-electron chi connectivity index (χ0n) is 16.1. The Balaban J connectivity index is 0.000000970. The summed E-state index contributed by atoms with van der Waals surface area (Å²) in [4.78, 5) is 0. The number of benzene rings is 1. The van der Waals surface area contributed by atoms with Crippen LogP contribution in [0.1, 0.15) is 82.8 Å². The van der Waals surface area contributed by atoms with Crippen LogP contribution < -0.4 is 0 Å². The monoisotopic (exact) mass is 342 g/mol. The first-order valence-electron chi connectivity index (χ1n) is 9.50. The fourth-order valence-corrected chi connectivity index (χ4v) is 3.19. The summed E-state index contributed by atoms with van der Waals surface area (Å²) >= 11 is 0. The lowest BCUT2D eigenvalue weighted by atomic mass is 9.85. The Labute approximate surface area is 153 Å². The molecule has 1 aromatic rings. The third kappa shape index (κ3) is 7.21. The van der Waals surface area contributed by atoms with Gasteiger partial charge in [-0.15, -0.1) is 6.58 Å². The van der Waals surface area contributed by atoms with Gasteiger partial charge in [0.1, 0.15) is 11.5 Å². The molecule has 0 aliphatic heterocycles. The molecular weight excluding hydrogens is 308 g/mol. The van der Waals surface area contributed by atoms with Gasteiger partial charge < -0.3 is 10.2 Å². The lowest BCUT2D eigenvalue weighted by molar-refractivity contribution is 0.428. The summed E-state index contributed by atoms with van der Waals surface area (Å²) in [5, 5.41) is 20.7. The van der Waals surface area contributed by atoms with Crippen LogP contribution in [-0.2, 0) is 0 Å². The van der Waals surface area contributed by atoms with Crippen LogP contribution in [0.5, 0.6) is 11.5 Å². The van der Waals surface area contributed by atoms with E-state index in [4.69, 9.17) is 0 Å². The first-order chi connectivity index (χ1) is 12.0. The average molecular weight is 343 g/mol. The van der Waals surface area contributed by atoms with Gasteiger partial charge in [0.15, 0.2) is 0 Å². The number of phenolic OH excluding ortho intramolecular Hbond substituents is 2. The van der Waals surface area contributed by atoms with Gasteiger partial charge in [0, 0.05) is 11.5 Å². The molecule has 138 valence electrons. The van der Waals surface area contributed by atoms with Crippen LogP contribution in [-0.4, -0.2) is 10.2 Å². The molecule has 2 rings (SSSR count). The Morgan fingerprint density at radius 1 is 1.20 bits per heavy atom. The standard InChI is InChI=1S/C20H28O2.C3H6/c1-3-4-5-6-7-10-16-13-18(21)20(19(22)14-16)17-11-8-9-15(2)12-17;1-3-2/h7,10,12-14,17,21-22H,3-6,8-9,11H2,1-2H3;3H,1H2,2H3/b10-7-;. The van der Waals surface area contributed by atoms with Crippen LogP contribution in [0, 0.1) is 0 Å². The number of allylic oxidation sites excluding steroid dienone is 4. The lowest BCUT2D eigenvalue weighted by Crippen LogP contribution is -2.03. The number of rotatable bonds is 6. The van der Waals surface area contributed by atoms with E-state index in [0.717, 1.165) is 31.2 Å². The molecule has 0 saturated heterocycles. The fourth-order valence-electron chi connectivity index (χ4n) is 3.19. The van der Waals surface area contributed by atoms with Gasteiger partial charge in [0.25, 0.3) is 0 Å². The maximum Gasteiger partial charge on any atom is 0.123 e. The number of phenols is 2. The van der Waals surface area contributed by atoms with E-state index in [1.165, 1.54) is 24.8 Å². The van der Waals surface area contributed by atoms with E-state index in [1.807, 2.05) is 13.0 Å². The van der Waals surface area contributed by atoms with Crippen molar-refractivity contribution in [2.75, 3.05) is 0 Å². The second-order valence-corrected chi connectivity index (χ2v) is 6.79. The van der Waals surface area contributed by atoms with Crippen molar-refractivity contribution in [2.24, 2.45) is 0 Å². The second-order valence-electron chi connectivity index (χ2n) is 6.79. The first-order valence-corrected chi connectivity index (χ1v) is 9.50. The summed E-state index contributed by atoms with van der Waals surface area (Å²) in [5.74, 6) is 0.560. The van der Waals surface area contributed by atoms with Crippen molar-refractivity contribution >= 4 is 6.08 Å². The van der Waals surface area contributed by atoms with E-state index in [1.54, 1.807) is 18.2 Å². The highest BCUT2D eigenvalue weighted by molar-refractivity contribution is 5.59. The molecule has 0 bridgehead atoms. The van der Waals surface area contributed by atoms with E-state index < -0.39 is 0 Å². The smallest absolute Gasteiger partial charge is 0.123 e. The van der Waals surface area contributed by atoms with E-state index in [-0.39, 0.29) is 17.4 Å². The third-order valence-electron chi connectivity index (χ3n) is 4.39. The predicted molar refractivity (Wildman–Crippen MR) is 109 cm³/mol. The number of aromatic hydroxyl groups is 2. The molecule has 1 atom stereocenters. The summed E-state index contributed by atoms with van der Waals surface area (Å²) in [6.45, 7) is 9.56. The molecule has 0 spiro atoms. The maximum atomic E-state index is 10.3. The summed E-state index contributed by atoms with van der Waals surface area (Å²) < 4.78 is 0. The van der Waals surface area contributed by atoms with Gasteiger partial charge in [-0.25, -0.2) is 0 Å². The molecule has 1 aromatic carbocycles. The minimum atomic E-state index is 0.135. The van der Waals surface area contributed by atoms with E-state index in [2.05, 4.69) is 32.6 Å². The van der Waals surface area contributed by atoms with Crippen LogP contribution >= 0.6 is 0 Å². The highest BCUT2D eigenvalue weighted by Crippen LogP contribution is 2.41. The summed E-state index contributed by atoms with van der Waals surface area (Å²) in [5.41, 5.74) is 2.89. The zero-order chi connectivity index (χ0) is 18.7. The van der Waals surface area contributed by atoms with Gasteiger partial charge in [-0.05, 0) is 63.6 Å². The molecule has 25 heavy (non-hydrogen) atoms. The van der Waals surface area contributed by atoms with Gasteiger partial charge in [-0.3, -0.25) is 0 Å². The lowest BCUT2D eigenvalue weighted by Gasteiger charge is -2.21. The van der Waals surface area contributed by atoms with Gasteiger partial charge in [0.05, 0.1) is 0 Å². The molecule has 1 unspecified atom stereocenters. The molecule has 0 saturated carbocycles. The molecule has 0 fully saturated rings. The van der Waals surface area contributed by atoms with Crippen LogP contribution in [0.25, 0.3) is 6.08 Å². The van der Waals surface area contributed by atoms with Gasteiger partial charge >= 0.3 is 0 Å². The Hall–Kier alpha value is -1.96. The Kier molecular flexibility index (Phi) is 9.76. The molecule has 0 heterocycles. The topological polar surface area (TPSA) is 40.5 Å². The van der Waals surface area contributed by atoms with Crippen LogP contribution in [0.3, 0.4) is 0 Å². The van der Waals surface area contributed by atoms with E-state index >= 15 is 0 Å². The Morgan fingerprint density at radius 2 is 1.84 bits per heavy atom. The SMILES string of the molecule is C=CC.CCCCC/C=C\c1cc(O)c(C2C=C(C)CCC2)c(O)c1. The predicted octanol–water partition coefficient (Wildman–Crippen LogP) is 7.10. The normalized spacial score (nSPS) is 16.9. The van der Waals surface area contributed by atoms with Crippen molar-refractivity contribution in [1.82, 2.24) is 0 Å². The molecule has 2 heteroatoms. The van der Waals surface area contributed by atoms with E-state index in [0.29, 0.717) is 5.56 Å². The molecule has 0 radical (unpaired) electrons. The highest BCUT2D eigenvalue weighted by atomic mass is 16.3. The number of hydrogen-bond acceptors (Lipinski definition) is 2. The molecule has 0 amide bonds. The highest BCUT2D eigenvalue weighted by Gasteiger charge is 2.20. The molecule has 1 aliphatic rings. The van der Waals surface area contributed by atoms with Crippen molar-refractivity contribution in [3.63, 3.8) is 0 Å². The molecule has 1 aliphatic carbocycles.